The van der Waals surface area contributed by atoms with Gasteiger partial charge in [0.05, 0.1) is 12.5 Å². The summed E-state index contributed by atoms with van der Waals surface area (Å²) >= 11 is 1.66. The van der Waals surface area contributed by atoms with Crippen molar-refractivity contribution in [3.63, 3.8) is 0 Å². The van der Waals surface area contributed by atoms with Gasteiger partial charge in [-0.3, -0.25) is 0 Å². The summed E-state index contributed by atoms with van der Waals surface area (Å²) in [5.74, 6) is 0. The summed E-state index contributed by atoms with van der Waals surface area (Å²) in [6, 6.07) is 2.12. The summed E-state index contributed by atoms with van der Waals surface area (Å²) in [5, 5.41) is 10.3. The van der Waals surface area contributed by atoms with Crippen molar-refractivity contribution in [3.8, 4) is 6.07 Å². The van der Waals surface area contributed by atoms with E-state index in [1.54, 1.807) is 11.8 Å². The molecular formula is C7H11NS. The molecule has 0 saturated heterocycles. The van der Waals surface area contributed by atoms with Gasteiger partial charge in [-0.25, -0.2) is 0 Å². The molecule has 0 heterocycles. The molecule has 0 aliphatic heterocycles. The number of allylic oxidation sites excluding steroid dienone is 1. The van der Waals surface area contributed by atoms with Crippen LogP contribution in [0.5, 0.6) is 0 Å². The van der Waals surface area contributed by atoms with Crippen molar-refractivity contribution >= 4 is 11.8 Å². The zero-order chi connectivity index (χ0) is 7.11. The third-order valence-electron chi connectivity index (χ3n) is 1.04. The topological polar surface area (TPSA) is 23.8 Å². The van der Waals surface area contributed by atoms with E-state index in [0.717, 1.165) is 6.42 Å². The van der Waals surface area contributed by atoms with Crippen LogP contribution in [0.1, 0.15) is 19.8 Å². The van der Waals surface area contributed by atoms with E-state index in [1.807, 2.05) is 11.7 Å². The first-order valence-corrected chi connectivity index (χ1v) is 4.21. The second-order valence-corrected chi connectivity index (χ2v) is 2.41. The van der Waals surface area contributed by atoms with Crippen LogP contribution < -0.4 is 0 Å². The number of hydrogen-bond donors (Lipinski definition) is 0. The summed E-state index contributed by atoms with van der Waals surface area (Å²) in [7, 11) is 0. The van der Waals surface area contributed by atoms with Crippen molar-refractivity contribution in [2.24, 2.45) is 0 Å². The second kappa shape index (κ2) is 5.71. The molecule has 0 aromatic heterocycles. The fourth-order valence-electron chi connectivity index (χ4n) is 0.518. The molecule has 0 aromatic rings. The van der Waals surface area contributed by atoms with Gasteiger partial charge in [-0.1, -0.05) is 12.5 Å². The van der Waals surface area contributed by atoms with Gasteiger partial charge in [0.1, 0.15) is 0 Å². The number of nitrogens with zero attached hydrogens (tertiary/aromatic N) is 1. The molecule has 9 heavy (non-hydrogen) atoms. The Bertz CT molecular complexity index is 132. The molecule has 0 unspecified atom stereocenters. The standard InChI is InChI=1S/C7H11NS/c1-3-7(4-5-8)6-9-2/h6H,3-4H2,1-2H3/b7-6+. The van der Waals surface area contributed by atoms with Gasteiger partial charge in [-0.2, -0.15) is 5.26 Å². The Labute approximate surface area is 60.8 Å². The maximum absolute atomic E-state index is 8.29. The third kappa shape index (κ3) is 4.11. The molecule has 0 saturated carbocycles. The average molecular weight is 141 g/mol. The number of thioether (sulfide) groups is 1. The van der Waals surface area contributed by atoms with E-state index in [-0.39, 0.29) is 0 Å². The summed E-state index contributed by atoms with van der Waals surface area (Å²) < 4.78 is 0. The minimum atomic E-state index is 0.581. The van der Waals surface area contributed by atoms with Gasteiger partial charge in [0, 0.05) is 0 Å². The highest BCUT2D eigenvalue weighted by molar-refractivity contribution is 8.01. The minimum Gasteiger partial charge on any atom is -0.198 e. The Morgan fingerprint density at radius 2 is 2.44 bits per heavy atom. The van der Waals surface area contributed by atoms with Gasteiger partial charge in [0.2, 0.25) is 0 Å². The van der Waals surface area contributed by atoms with Crippen LogP contribution >= 0.6 is 11.8 Å². The molecule has 0 aliphatic rings. The van der Waals surface area contributed by atoms with Gasteiger partial charge in [0.15, 0.2) is 0 Å². The van der Waals surface area contributed by atoms with Gasteiger partial charge in [-0.15, -0.1) is 11.8 Å². The highest BCUT2D eigenvalue weighted by Gasteiger charge is 1.89. The van der Waals surface area contributed by atoms with Crippen LogP contribution in [-0.4, -0.2) is 6.26 Å². The van der Waals surface area contributed by atoms with E-state index < -0.39 is 0 Å². The molecule has 0 amide bonds. The van der Waals surface area contributed by atoms with E-state index in [9.17, 15) is 0 Å². The first-order chi connectivity index (χ1) is 4.35. The van der Waals surface area contributed by atoms with E-state index in [4.69, 9.17) is 5.26 Å². The van der Waals surface area contributed by atoms with Gasteiger partial charge >= 0.3 is 0 Å². The summed E-state index contributed by atoms with van der Waals surface area (Å²) in [4.78, 5) is 0. The molecule has 0 N–H and O–H groups in total. The van der Waals surface area contributed by atoms with Crippen molar-refractivity contribution in [2.75, 3.05) is 6.26 Å². The largest absolute Gasteiger partial charge is 0.198 e. The first kappa shape index (κ1) is 8.58. The van der Waals surface area contributed by atoms with E-state index in [1.165, 1.54) is 5.57 Å². The van der Waals surface area contributed by atoms with Crippen LogP contribution in [-0.2, 0) is 0 Å². The van der Waals surface area contributed by atoms with Gasteiger partial charge < -0.3 is 0 Å². The lowest BCUT2D eigenvalue weighted by Crippen LogP contribution is -1.75. The zero-order valence-electron chi connectivity index (χ0n) is 5.85. The maximum Gasteiger partial charge on any atom is 0.0666 e. The maximum atomic E-state index is 8.29. The molecule has 0 atom stereocenters. The summed E-state index contributed by atoms with van der Waals surface area (Å²) in [6.07, 6.45) is 3.58. The Kier molecular flexibility index (Phi) is 5.45. The predicted octanol–water partition coefficient (Wildman–Crippen LogP) is 2.56. The molecular weight excluding hydrogens is 130 g/mol. The molecule has 0 spiro atoms. The van der Waals surface area contributed by atoms with Crippen molar-refractivity contribution < 1.29 is 0 Å². The fourth-order valence-corrected chi connectivity index (χ4v) is 1.10. The van der Waals surface area contributed by atoms with Crippen LogP contribution in [0.25, 0.3) is 0 Å². The summed E-state index contributed by atoms with van der Waals surface area (Å²) in [6.45, 7) is 2.07. The van der Waals surface area contributed by atoms with Crippen molar-refractivity contribution in [3.05, 3.63) is 11.0 Å². The van der Waals surface area contributed by atoms with Crippen molar-refractivity contribution in [1.29, 1.82) is 5.26 Å². The number of hydrogen-bond acceptors (Lipinski definition) is 2. The monoisotopic (exact) mass is 141 g/mol. The van der Waals surface area contributed by atoms with Crippen LogP contribution in [0.3, 0.4) is 0 Å². The fraction of sp³-hybridized carbons (Fsp3) is 0.571. The van der Waals surface area contributed by atoms with Crippen LogP contribution in [0.2, 0.25) is 0 Å². The molecule has 1 nitrogen and oxygen atoms in total. The highest BCUT2D eigenvalue weighted by Crippen LogP contribution is 2.09. The lowest BCUT2D eigenvalue weighted by atomic mass is 10.2. The minimum absolute atomic E-state index is 0.581. The lowest BCUT2D eigenvalue weighted by Gasteiger charge is -1.93. The van der Waals surface area contributed by atoms with E-state index in [0.29, 0.717) is 6.42 Å². The first-order valence-electron chi connectivity index (χ1n) is 2.92. The Balaban J connectivity index is 3.70. The summed E-state index contributed by atoms with van der Waals surface area (Å²) in [5.41, 5.74) is 1.23. The smallest absolute Gasteiger partial charge is 0.0666 e. The Morgan fingerprint density at radius 1 is 1.78 bits per heavy atom. The van der Waals surface area contributed by atoms with Crippen molar-refractivity contribution in [2.45, 2.75) is 19.8 Å². The SMILES string of the molecule is CC/C(=C\SC)CC#N. The molecule has 0 rings (SSSR count). The van der Waals surface area contributed by atoms with Crippen LogP contribution in [0, 0.1) is 11.3 Å². The third-order valence-corrected chi connectivity index (χ3v) is 1.61. The number of nitriles is 1. The Morgan fingerprint density at radius 3 is 2.78 bits per heavy atom. The van der Waals surface area contributed by atoms with E-state index >= 15 is 0 Å². The molecule has 0 bridgehead atoms. The Hall–Kier alpha value is -0.420. The molecule has 0 aromatic carbocycles. The van der Waals surface area contributed by atoms with Crippen LogP contribution in [0.15, 0.2) is 11.0 Å². The molecule has 0 fully saturated rings. The van der Waals surface area contributed by atoms with Gasteiger partial charge in [-0.05, 0) is 18.1 Å². The average Bonchev–Trinajstić information content (AvgIpc) is 1.88. The zero-order valence-corrected chi connectivity index (χ0v) is 6.66. The second-order valence-electron chi connectivity index (χ2n) is 1.70. The molecule has 50 valence electrons. The molecule has 2 heteroatoms. The van der Waals surface area contributed by atoms with Gasteiger partial charge in [0.25, 0.3) is 0 Å². The lowest BCUT2D eigenvalue weighted by molar-refractivity contribution is 1.04. The van der Waals surface area contributed by atoms with Crippen molar-refractivity contribution in [1.82, 2.24) is 0 Å². The predicted molar refractivity (Wildman–Crippen MR) is 42.1 cm³/mol. The highest BCUT2D eigenvalue weighted by atomic mass is 32.2. The number of rotatable bonds is 3. The molecule has 0 radical (unpaired) electrons. The van der Waals surface area contributed by atoms with E-state index in [2.05, 4.69) is 13.0 Å². The molecule has 0 aliphatic carbocycles. The normalized spacial score (nSPS) is 11.0. The quantitative estimate of drug-likeness (QED) is 0.603. The van der Waals surface area contributed by atoms with Crippen LogP contribution in [0.4, 0.5) is 0 Å².